The fourth-order valence-electron chi connectivity index (χ4n) is 5.49. The lowest BCUT2D eigenvalue weighted by Crippen LogP contribution is -2.68. The van der Waals surface area contributed by atoms with E-state index in [-0.39, 0.29) is 0 Å². The van der Waals surface area contributed by atoms with Gasteiger partial charge in [0, 0.05) is 0 Å². The molecule has 0 unspecified atom stereocenters. The lowest BCUT2D eigenvalue weighted by atomic mass is 9.95. The first-order chi connectivity index (χ1) is 21.7. The molecule has 0 aromatic carbocycles. The van der Waals surface area contributed by atoms with Crippen LogP contribution >= 0.6 is 0 Å². The molecule has 0 bridgehead atoms. The molecule has 268 valence electrons. The lowest BCUT2D eigenvalue weighted by Gasteiger charge is -2.49. The van der Waals surface area contributed by atoms with Gasteiger partial charge in [-0.25, -0.2) is 4.79 Å². The molecule has 4 heterocycles. The minimum absolute atomic E-state index is 0.849. The first-order valence-electron chi connectivity index (χ1n) is 14.1. The van der Waals surface area contributed by atoms with Crippen molar-refractivity contribution in [3.05, 3.63) is 0 Å². The van der Waals surface area contributed by atoms with Gasteiger partial charge < -0.3 is 105 Å². The SMILES string of the molecule is O=C(O)[C@H]1O[C@@H](O[C@@H]2[C@H](O[C@@H]3[C@@H](O)[C@H](O)O[C@H](CO)[C@H]3O[C@@H]3O[C@H](CO)[C@@H](O)[C@H](O)[C@H]3O)O[C@H](CO)[C@@H](O)[C@@H]2O)[C@H](O)[C@@H](O)[C@@H]1O. The van der Waals surface area contributed by atoms with Gasteiger partial charge in [-0.05, 0) is 0 Å². The van der Waals surface area contributed by atoms with E-state index >= 15 is 0 Å². The number of rotatable bonds is 10. The molecule has 46 heavy (non-hydrogen) atoms. The van der Waals surface area contributed by atoms with Crippen molar-refractivity contribution in [1.82, 2.24) is 0 Å². The molecule has 4 fully saturated rings. The normalized spacial score (nSPS) is 51.9. The van der Waals surface area contributed by atoms with Gasteiger partial charge in [0.1, 0.15) is 91.6 Å². The molecule has 14 N–H and O–H groups in total. The summed E-state index contributed by atoms with van der Waals surface area (Å²) in [6.45, 7) is -2.74. The lowest BCUT2D eigenvalue weighted by molar-refractivity contribution is -0.398. The van der Waals surface area contributed by atoms with Crippen LogP contribution in [0.15, 0.2) is 0 Å². The van der Waals surface area contributed by atoms with Gasteiger partial charge in [0.25, 0.3) is 0 Å². The predicted molar refractivity (Wildman–Crippen MR) is 134 cm³/mol. The summed E-state index contributed by atoms with van der Waals surface area (Å²) >= 11 is 0. The number of aliphatic hydroxyl groups excluding tert-OH is 13. The fourth-order valence-corrected chi connectivity index (χ4v) is 5.49. The topological polar surface area (TPSA) is 365 Å². The molecular weight excluding hydrogens is 640 g/mol. The van der Waals surface area contributed by atoms with Gasteiger partial charge in [0.2, 0.25) is 0 Å². The highest BCUT2D eigenvalue weighted by Gasteiger charge is 2.56. The zero-order chi connectivity index (χ0) is 34.2. The van der Waals surface area contributed by atoms with E-state index in [1.165, 1.54) is 0 Å². The Labute approximate surface area is 258 Å². The van der Waals surface area contributed by atoms with Crippen molar-refractivity contribution in [3.63, 3.8) is 0 Å². The van der Waals surface area contributed by atoms with Crippen molar-refractivity contribution in [2.75, 3.05) is 19.8 Å². The maximum Gasteiger partial charge on any atom is 0.335 e. The van der Waals surface area contributed by atoms with Crippen LogP contribution in [0.2, 0.25) is 0 Å². The average molecular weight is 681 g/mol. The average Bonchev–Trinajstić information content (AvgIpc) is 3.03. The molecule has 0 spiro atoms. The molecule has 0 saturated carbocycles. The molecule has 0 radical (unpaired) electrons. The third-order valence-electron chi connectivity index (χ3n) is 8.17. The first kappa shape index (κ1) is 37.5. The first-order valence-corrected chi connectivity index (χ1v) is 14.1. The van der Waals surface area contributed by atoms with E-state index in [9.17, 15) is 76.3 Å². The van der Waals surface area contributed by atoms with E-state index in [1.54, 1.807) is 0 Å². The van der Waals surface area contributed by atoms with Crippen LogP contribution in [0.5, 0.6) is 0 Å². The Kier molecular flexibility index (Phi) is 12.6. The molecule has 0 aliphatic carbocycles. The number of carboxylic acid groups (broad SMARTS) is 1. The van der Waals surface area contributed by atoms with Crippen molar-refractivity contribution in [2.24, 2.45) is 0 Å². The Hall–Kier alpha value is -1.33. The number of hydrogen-bond donors (Lipinski definition) is 14. The molecule has 0 aromatic heterocycles. The van der Waals surface area contributed by atoms with Gasteiger partial charge in [-0.3, -0.25) is 0 Å². The molecule has 4 rings (SSSR count). The highest BCUT2D eigenvalue weighted by Crippen LogP contribution is 2.35. The second-order valence-corrected chi connectivity index (χ2v) is 11.2. The minimum Gasteiger partial charge on any atom is -0.479 e. The number of carboxylic acids is 1. The van der Waals surface area contributed by atoms with Crippen LogP contribution in [0.3, 0.4) is 0 Å². The summed E-state index contributed by atoms with van der Waals surface area (Å²) in [5.41, 5.74) is 0. The second kappa shape index (κ2) is 15.5. The summed E-state index contributed by atoms with van der Waals surface area (Å²) in [6, 6.07) is 0. The van der Waals surface area contributed by atoms with Crippen LogP contribution in [-0.2, 0) is 38.0 Å². The Morgan fingerprint density at radius 3 is 1.46 bits per heavy atom. The fraction of sp³-hybridized carbons (Fsp3) is 0.958. The van der Waals surface area contributed by atoms with E-state index in [2.05, 4.69) is 0 Å². The summed E-state index contributed by atoms with van der Waals surface area (Å²) in [5, 5.41) is 142. The Morgan fingerprint density at radius 1 is 0.457 bits per heavy atom. The number of aliphatic hydroxyl groups is 13. The van der Waals surface area contributed by atoms with E-state index in [4.69, 9.17) is 33.2 Å². The van der Waals surface area contributed by atoms with Gasteiger partial charge in [0.05, 0.1) is 19.8 Å². The standard InChI is InChI=1S/C24H40O22/c25-1-4-7(28)9(30)13(34)22(41-4)43-16-6(3-27)40-21(39)15(36)17(16)44-24-19(11(32)8(29)5(2-26)42-24)46-23-14(35)10(31)12(33)18(45-23)20(37)38/h4-19,21-36,39H,1-3H2,(H,37,38)/t4-,5-,6-,7-,8-,9+,10+,11+,12+,13-,14-,15-,16-,17-,18+,19+,21-,22+,23+,24+/m1/s1. The van der Waals surface area contributed by atoms with Crippen LogP contribution in [0.1, 0.15) is 0 Å². The van der Waals surface area contributed by atoms with Crippen molar-refractivity contribution in [2.45, 2.75) is 123 Å². The molecule has 22 nitrogen and oxygen atoms in total. The Morgan fingerprint density at radius 2 is 0.913 bits per heavy atom. The van der Waals surface area contributed by atoms with Crippen LogP contribution in [-0.4, -0.2) is 220 Å². The summed E-state index contributed by atoms with van der Waals surface area (Å²) in [4.78, 5) is 11.5. The minimum atomic E-state index is -2.15. The molecule has 22 heteroatoms. The van der Waals surface area contributed by atoms with Crippen LogP contribution in [0, 0.1) is 0 Å². The largest absolute Gasteiger partial charge is 0.479 e. The zero-order valence-electron chi connectivity index (χ0n) is 23.7. The molecule has 4 saturated heterocycles. The number of hydrogen-bond acceptors (Lipinski definition) is 21. The third-order valence-corrected chi connectivity index (χ3v) is 8.17. The van der Waals surface area contributed by atoms with Gasteiger partial charge in [-0.2, -0.15) is 0 Å². The monoisotopic (exact) mass is 680 g/mol. The third kappa shape index (κ3) is 7.31. The molecule has 0 aromatic rings. The van der Waals surface area contributed by atoms with Crippen molar-refractivity contribution >= 4 is 5.97 Å². The Bertz CT molecular complexity index is 990. The number of ether oxygens (including phenoxy) is 7. The summed E-state index contributed by atoms with van der Waals surface area (Å²) in [7, 11) is 0. The number of aliphatic carboxylic acids is 1. The van der Waals surface area contributed by atoms with E-state index in [0.29, 0.717) is 0 Å². The molecule has 20 atom stereocenters. The summed E-state index contributed by atoms with van der Waals surface area (Å²) < 4.78 is 37.9. The van der Waals surface area contributed by atoms with Crippen molar-refractivity contribution < 1.29 is 109 Å². The van der Waals surface area contributed by atoms with Gasteiger partial charge in [-0.1, -0.05) is 0 Å². The molecule has 0 amide bonds. The predicted octanol–water partition coefficient (Wildman–Crippen LogP) is -9.66. The van der Waals surface area contributed by atoms with E-state index in [0.717, 1.165) is 0 Å². The van der Waals surface area contributed by atoms with Crippen LogP contribution < -0.4 is 0 Å². The summed E-state index contributed by atoms with van der Waals surface area (Å²) in [6.07, 6.45) is -39.0. The highest BCUT2D eigenvalue weighted by atomic mass is 16.8. The molecule has 4 aliphatic heterocycles. The molecular formula is C24H40O22. The Balaban J connectivity index is 1.64. The highest BCUT2D eigenvalue weighted by molar-refractivity contribution is 5.73. The van der Waals surface area contributed by atoms with E-state index in [1.807, 2.05) is 0 Å². The zero-order valence-corrected chi connectivity index (χ0v) is 23.7. The summed E-state index contributed by atoms with van der Waals surface area (Å²) in [5.74, 6) is -1.77. The van der Waals surface area contributed by atoms with E-state index < -0.39 is 149 Å². The second-order valence-electron chi connectivity index (χ2n) is 11.2. The smallest absolute Gasteiger partial charge is 0.335 e. The van der Waals surface area contributed by atoms with Crippen molar-refractivity contribution in [3.8, 4) is 0 Å². The van der Waals surface area contributed by atoms with Gasteiger partial charge >= 0.3 is 5.97 Å². The van der Waals surface area contributed by atoms with Gasteiger partial charge in [0.15, 0.2) is 31.3 Å². The van der Waals surface area contributed by atoms with Crippen LogP contribution in [0.25, 0.3) is 0 Å². The quantitative estimate of drug-likeness (QED) is 0.102. The maximum atomic E-state index is 11.5. The van der Waals surface area contributed by atoms with Crippen LogP contribution in [0.4, 0.5) is 0 Å². The molecule has 4 aliphatic rings. The van der Waals surface area contributed by atoms with Gasteiger partial charge in [-0.15, -0.1) is 0 Å². The number of carbonyl (C=O) groups is 1. The van der Waals surface area contributed by atoms with Crippen molar-refractivity contribution in [1.29, 1.82) is 0 Å². The maximum absolute atomic E-state index is 11.5.